The van der Waals surface area contributed by atoms with Gasteiger partial charge in [0.25, 0.3) is 0 Å². The van der Waals surface area contributed by atoms with Gasteiger partial charge in [-0.2, -0.15) is 5.26 Å². The summed E-state index contributed by atoms with van der Waals surface area (Å²) in [5.41, 5.74) is 0.489. The summed E-state index contributed by atoms with van der Waals surface area (Å²) in [7, 11) is -2.81. The third-order valence-corrected chi connectivity index (χ3v) is 5.37. The van der Waals surface area contributed by atoms with Gasteiger partial charge in [0.15, 0.2) is 11.9 Å². The van der Waals surface area contributed by atoms with Crippen LogP contribution in [0.4, 0.5) is 15.9 Å². The molecule has 0 aliphatic carbocycles. The highest BCUT2D eigenvalue weighted by molar-refractivity contribution is 9.10. The van der Waals surface area contributed by atoms with Gasteiger partial charge in [-0.15, -0.1) is 0 Å². The maximum absolute atomic E-state index is 13.3. The van der Waals surface area contributed by atoms with E-state index in [0.29, 0.717) is 5.69 Å². The highest BCUT2D eigenvalue weighted by Gasteiger charge is 2.18. The summed E-state index contributed by atoms with van der Waals surface area (Å²) in [5, 5.41) is 33.8. The van der Waals surface area contributed by atoms with Crippen LogP contribution in [-0.4, -0.2) is 44.1 Å². The van der Waals surface area contributed by atoms with Crippen molar-refractivity contribution < 1.29 is 18.4 Å². The Morgan fingerprint density at radius 1 is 1.54 bits per heavy atom. The van der Waals surface area contributed by atoms with Crippen molar-refractivity contribution in [3.63, 3.8) is 0 Å². The Morgan fingerprint density at radius 2 is 2.31 bits per heavy atom. The molecule has 0 fully saturated rings. The molecule has 0 amide bonds. The highest BCUT2D eigenvalue weighted by Crippen LogP contribution is 2.21. The third kappa shape index (κ3) is 5.14. The molecule has 1 heterocycles. The average Bonchev–Trinajstić information content (AvgIpc) is 3.04. The number of amidine groups is 1. The quantitative estimate of drug-likeness (QED) is 0.0809. The molecular formula is C13H15BrFN7O3S. The molecule has 0 atom stereocenters. The molecule has 0 saturated carbocycles. The van der Waals surface area contributed by atoms with Crippen LogP contribution < -0.4 is 15.4 Å². The fourth-order valence-corrected chi connectivity index (χ4v) is 3.09. The van der Waals surface area contributed by atoms with Crippen molar-refractivity contribution in [3.05, 3.63) is 34.2 Å². The van der Waals surface area contributed by atoms with E-state index in [1.165, 1.54) is 24.5 Å². The SMILES string of the molecule is C[SH](=O)(CCNc1nonc1/C(=N/O)Nc1ccc(F)c(Br)c1)NC#N. The summed E-state index contributed by atoms with van der Waals surface area (Å²) in [6.45, 7) is 0.199. The van der Waals surface area contributed by atoms with Gasteiger partial charge in [0, 0.05) is 24.2 Å². The van der Waals surface area contributed by atoms with E-state index < -0.39 is 15.9 Å². The lowest BCUT2D eigenvalue weighted by atomic mass is 10.3. The average molecular weight is 448 g/mol. The van der Waals surface area contributed by atoms with Crippen LogP contribution in [0, 0.1) is 17.3 Å². The maximum Gasteiger partial charge on any atom is 0.203 e. The Labute approximate surface area is 157 Å². The van der Waals surface area contributed by atoms with Gasteiger partial charge in [-0.1, -0.05) is 5.16 Å². The van der Waals surface area contributed by atoms with Gasteiger partial charge in [0.05, 0.1) is 4.47 Å². The summed E-state index contributed by atoms with van der Waals surface area (Å²) in [6.07, 6.45) is 3.08. The Morgan fingerprint density at radius 3 is 2.96 bits per heavy atom. The molecule has 2 aromatic rings. The number of anilines is 2. The summed E-state index contributed by atoms with van der Waals surface area (Å²) in [6, 6.07) is 4.11. The van der Waals surface area contributed by atoms with Crippen molar-refractivity contribution in [1.82, 2.24) is 15.0 Å². The number of benzene rings is 1. The normalized spacial score (nSPS) is 12.3. The smallest absolute Gasteiger partial charge is 0.203 e. The van der Waals surface area contributed by atoms with Gasteiger partial charge in [-0.05, 0) is 54.6 Å². The van der Waals surface area contributed by atoms with E-state index >= 15 is 0 Å². The monoisotopic (exact) mass is 447 g/mol. The minimum absolute atomic E-state index is 0.0622. The van der Waals surface area contributed by atoms with Crippen molar-refractivity contribution in [2.24, 2.45) is 5.16 Å². The molecule has 0 spiro atoms. The summed E-state index contributed by atoms with van der Waals surface area (Å²) in [5.74, 6) is -0.236. The van der Waals surface area contributed by atoms with Crippen LogP contribution in [0.1, 0.15) is 5.69 Å². The van der Waals surface area contributed by atoms with Gasteiger partial charge >= 0.3 is 0 Å². The molecule has 1 aromatic carbocycles. The first-order valence-corrected chi connectivity index (χ1v) is 10.2. The first-order valence-electron chi connectivity index (χ1n) is 7.10. The Bertz CT molecular complexity index is 898. The number of nitrogens with one attached hydrogen (secondary N) is 3. The van der Waals surface area contributed by atoms with Crippen LogP contribution >= 0.6 is 15.9 Å². The van der Waals surface area contributed by atoms with Crippen molar-refractivity contribution in [3.8, 4) is 6.19 Å². The van der Waals surface area contributed by atoms with Crippen LogP contribution in [0.15, 0.2) is 32.5 Å². The summed E-state index contributed by atoms with van der Waals surface area (Å²) < 4.78 is 32.4. The molecule has 0 bridgehead atoms. The van der Waals surface area contributed by atoms with E-state index in [4.69, 9.17) is 5.26 Å². The number of rotatable bonds is 7. The second kappa shape index (κ2) is 8.59. The molecule has 0 aliphatic heterocycles. The van der Waals surface area contributed by atoms with Crippen LogP contribution in [0.2, 0.25) is 0 Å². The van der Waals surface area contributed by atoms with Crippen LogP contribution in [0.3, 0.4) is 0 Å². The zero-order valence-corrected chi connectivity index (χ0v) is 15.9. The minimum atomic E-state index is -2.81. The van der Waals surface area contributed by atoms with E-state index in [0.717, 1.165) is 0 Å². The highest BCUT2D eigenvalue weighted by atomic mass is 79.9. The van der Waals surface area contributed by atoms with Crippen molar-refractivity contribution in [1.29, 1.82) is 5.26 Å². The lowest BCUT2D eigenvalue weighted by Crippen LogP contribution is -2.32. The molecule has 26 heavy (non-hydrogen) atoms. The zero-order valence-electron chi connectivity index (χ0n) is 13.4. The lowest BCUT2D eigenvalue weighted by molar-refractivity contribution is 0.305. The van der Waals surface area contributed by atoms with Gasteiger partial charge < -0.3 is 15.8 Å². The summed E-state index contributed by atoms with van der Waals surface area (Å²) in [4.78, 5) is 0. The van der Waals surface area contributed by atoms with E-state index in [1.807, 2.05) is 0 Å². The zero-order chi connectivity index (χ0) is 19.2. The lowest BCUT2D eigenvalue weighted by Gasteiger charge is -2.16. The molecule has 140 valence electrons. The Balaban J connectivity index is 2.08. The van der Waals surface area contributed by atoms with Crippen molar-refractivity contribution in [2.45, 2.75) is 0 Å². The molecule has 1 aromatic heterocycles. The standard InChI is InChI=1S/C13H15BrFN7O3S/c1-26(24,18-7-16)5-4-17-12-11(21-25-22-12)13(20-23)19-8-2-3-10(15)9(14)6-8/h2-3,6,23,26H,4-5H2,1H3,(H,17,22)(H,18,24)(H,19,20). The summed E-state index contributed by atoms with van der Waals surface area (Å²) >= 11 is 3.06. The molecule has 2 rings (SSSR count). The van der Waals surface area contributed by atoms with E-state index in [-0.39, 0.29) is 34.1 Å². The second-order valence-corrected chi connectivity index (χ2v) is 8.87. The van der Waals surface area contributed by atoms with Gasteiger partial charge in [-0.3, -0.25) is 8.93 Å². The molecule has 13 heteroatoms. The number of oxime groups is 1. The van der Waals surface area contributed by atoms with Crippen molar-refractivity contribution in [2.75, 3.05) is 29.2 Å². The third-order valence-electron chi connectivity index (χ3n) is 3.11. The Hall–Kier alpha value is -2.72. The number of nitrogens with zero attached hydrogens (tertiary/aromatic N) is 4. The van der Waals surface area contributed by atoms with Crippen molar-refractivity contribution >= 4 is 43.4 Å². The Kier molecular flexibility index (Phi) is 6.47. The largest absolute Gasteiger partial charge is 0.409 e. The minimum Gasteiger partial charge on any atom is -0.409 e. The molecule has 0 saturated heterocycles. The fraction of sp³-hybridized carbons (Fsp3) is 0.231. The van der Waals surface area contributed by atoms with E-state index in [2.05, 4.69) is 51.4 Å². The number of hydrogen-bond acceptors (Lipinski definition) is 8. The molecule has 4 N–H and O–H groups in total. The number of nitriles is 1. The van der Waals surface area contributed by atoms with Crippen LogP contribution in [0.5, 0.6) is 0 Å². The van der Waals surface area contributed by atoms with Crippen LogP contribution in [-0.2, 0) is 10.1 Å². The molecule has 0 radical (unpaired) electrons. The number of aromatic nitrogens is 2. The molecule has 0 aliphatic rings. The predicted octanol–water partition coefficient (Wildman–Crippen LogP) is 1.26. The number of hydrogen-bond donors (Lipinski definition) is 5. The second-order valence-electron chi connectivity index (χ2n) is 5.14. The first kappa shape index (κ1) is 19.6. The first-order chi connectivity index (χ1) is 12.4. The number of halogens is 2. The van der Waals surface area contributed by atoms with Gasteiger partial charge in [0.1, 0.15) is 5.82 Å². The fourth-order valence-electron chi connectivity index (χ4n) is 1.85. The maximum atomic E-state index is 13.3. The van der Waals surface area contributed by atoms with E-state index in [9.17, 15) is 13.8 Å². The molecule has 10 nitrogen and oxygen atoms in total. The molecule has 0 unspecified atom stereocenters. The van der Waals surface area contributed by atoms with Gasteiger partial charge in [0.2, 0.25) is 11.7 Å². The molecular weight excluding hydrogens is 433 g/mol. The number of thiol groups is 1. The van der Waals surface area contributed by atoms with Gasteiger partial charge in [-0.25, -0.2) is 9.02 Å². The topological polar surface area (TPSA) is 148 Å². The van der Waals surface area contributed by atoms with Crippen LogP contribution in [0.25, 0.3) is 0 Å². The van der Waals surface area contributed by atoms with E-state index in [1.54, 1.807) is 6.19 Å². The predicted molar refractivity (Wildman–Crippen MR) is 97.9 cm³/mol.